The average molecular weight is 301 g/mol. The first-order chi connectivity index (χ1) is 9.47. The Morgan fingerprint density at radius 2 is 2.00 bits per heavy atom. The second kappa shape index (κ2) is 6.46. The lowest BCUT2D eigenvalue weighted by Gasteiger charge is -2.44. The molecule has 0 bridgehead atoms. The molecule has 0 aromatic heterocycles. The SMILES string of the molecule is CCCC[C@H](C)C(=O)N1CCS(=O)(=O)[C@H]2CCCC[C@@H]21. The number of fused-ring (bicyclic) bond motifs is 1. The van der Waals surface area contributed by atoms with Crippen LogP contribution in [0.25, 0.3) is 0 Å². The fourth-order valence-electron chi connectivity index (χ4n) is 3.59. The van der Waals surface area contributed by atoms with Crippen LogP contribution < -0.4 is 0 Å². The van der Waals surface area contributed by atoms with Crippen molar-refractivity contribution in [1.29, 1.82) is 0 Å². The summed E-state index contributed by atoms with van der Waals surface area (Å²) in [6.45, 7) is 4.51. The zero-order chi connectivity index (χ0) is 14.8. The molecule has 1 aliphatic heterocycles. The van der Waals surface area contributed by atoms with E-state index in [-0.39, 0.29) is 28.9 Å². The molecular formula is C15H27NO3S. The minimum Gasteiger partial charge on any atom is -0.337 e. The molecule has 3 atom stereocenters. The second-order valence-corrected chi connectivity index (χ2v) is 8.67. The maximum Gasteiger partial charge on any atom is 0.225 e. The number of nitrogens with zero attached hydrogens (tertiary/aromatic N) is 1. The van der Waals surface area contributed by atoms with Crippen LogP contribution in [0.3, 0.4) is 0 Å². The first-order valence-corrected chi connectivity index (χ1v) is 9.71. The standard InChI is InChI=1S/C15H27NO3S/c1-3-4-7-12(2)15(17)16-10-11-20(18,19)14-9-6-5-8-13(14)16/h12-14H,3-11H2,1-2H3/t12-,13-,14-/m0/s1. The molecule has 2 fully saturated rings. The van der Waals surface area contributed by atoms with Crippen molar-refractivity contribution >= 4 is 15.7 Å². The summed E-state index contributed by atoms with van der Waals surface area (Å²) in [4.78, 5) is 14.5. The van der Waals surface area contributed by atoms with Crippen LogP contribution in [0.4, 0.5) is 0 Å². The fraction of sp³-hybridized carbons (Fsp3) is 0.933. The third-order valence-electron chi connectivity index (χ3n) is 4.84. The van der Waals surface area contributed by atoms with E-state index in [9.17, 15) is 13.2 Å². The highest BCUT2D eigenvalue weighted by Crippen LogP contribution is 2.33. The topological polar surface area (TPSA) is 54.5 Å². The Morgan fingerprint density at radius 3 is 2.70 bits per heavy atom. The van der Waals surface area contributed by atoms with Crippen molar-refractivity contribution in [3.05, 3.63) is 0 Å². The Kier molecular flexibility index (Phi) is 5.10. The summed E-state index contributed by atoms with van der Waals surface area (Å²) < 4.78 is 24.4. The minimum absolute atomic E-state index is 0.0262. The van der Waals surface area contributed by atoms with E-state index in [1.165, 1.54) is 0 Å². The number of rotatable bonds is 4. The molecule has 1 saturated carbocycles. The molecule has 2 aliphatic rings. The van der Waals surface area contributed by atoms with Crippen LogP contribution in [0.5, 0.6) is 0 Å². The van der Waals surface area contributed by atoms with Crippen LogP contribution in [0.15, 0.2) is 0 Å². The number of carbonyl (C=O) groups is 1. The van der Waals surface area contributed by atoms with Gasteiger partial charge < -0.3 is 4.90 Å². The largest absolute Gasteiger partial charge is 0.337 e. The molecular weight excluding hydrogens is 274 g/mol. The Hall–Kier alpha value is -0.580. The van der Waals surface area contributed by atoms with Crippen molar-refractivity contribution in [1.82, 2.24) is 4.90 Å². The van der Waals surface area contributed by atoms with Gasteiger partial charge in [0.05, 0.1) is 11.0 Å². The number of hydrogen-bond donors (Lipinski definition) is 0. The van der Waals surface area contributed by atoms with Gasteiger partial charge in [0.15, 0.2) is 9.84 Å². The highest BCUT2D eigenvalue weighted by Gasteiger charge is 2.44. The molecule has 0 aromatic carbocycles. The van der Waals surface area contributed by atoms with E-state index < -0.39 is 9.84 Å². The molecule has 1 saturated heterocycles. The predicted molar refractivity (Wildman–Crippen MR) is 80.2 cm³/mol. The van der Waals surface area contributed by atoms with E-state index in [2.05, 4.69) is 6.92 Å². The molecule has 0 spiro atoms. The van der Waals surface area contributed by atoms with Gasteiger partial charge in [-0.1, -0.05) is 39.5 Å². The lowest BCUT2D eigenvalue weighted by Crippen LogP contribution is -2.58. The number of unbranched alkanes of at least 4 members (excludes halogenated alkanes) is 1. The molecule has 116 valence electrons. The van der Waals surface area contributed by atoms with Crippen LogP contribution >= 0.6 is 0 Å². The molecule has 5 heteroatoms. The summed E-state index contributed by atoms with van der Waals surface area (Å²) in [6, 6.07) is -0.0564. The highest BCUT2D eigenvalue weighted by atomic mass is 32.2. The van der Waals surface area contributed by atoms with Crippen molar-refractivity contribution in [2.45, 2.75) is 70.1 Å². The molecule has 20 heavy (non-hydrogen) atoms. The van der Waals surface area contributed by atoms with E-state index in [0.29, 0.717) is 6.54 Å². The minimum atomic E-state index is -2.99. The Labute approximate surface area is 122 Å². The van der Waals surface area contributed by atoms with Crippen LogP contribution in [0.2, 0.25) is 0 Å². The molecule has 4 nitrogen and oxygen atoms in total. The summed E-state index contributed by atoms with van der Waals surface area (Å²) >= 11 is 0. The lowest BCUT2D eigenvalue weighted by molar-refractivity contribution is -0.138. The maximum atomic E-state index is 12.6. The third-order valence-corrected chi connectivity index (χ3v) is 7.07. The van der Waals surface area contributed by atoms with Gasteiger partial charge in [0.1, 0.15) is 0 Å². The van der Waals surface area contributed by atoms with Crippen molar-refractivity contribution in [3.63, 3.8) is 0 Å². The Bertz CT molecular complexity index is 446. The van der Waals surface area contributed by atoms with E-state index in [0.717, 1.165) is 44.9 Å². The van der Waals surface area contributed by atoms with Crippen LogP contribution in [0, 0.1) is 5.92 Å². The number of hydrogen-bond acceptors (Lipinski definition) is 3. The van der Waals surface area contributed by atoms with Crippen molar-refractivity contribution in [2.24, 2.45) is 5.92 Å². The first-order valence-electron chi connectivity index (χ1n) is 7.99. The van der Waals surface area contributed by atoms with Gasteiger partial charge in [0, 0.05) is 18.5 Å². The lowest BCUT2D eigenvalue weighted by atomic mass is 9.92. The van der Waals surface area contributed by atoms with Gasteiger partial charge in [-0.05, 0) is 19.3 Å². The van der Waals surface area contributed by atoms with Crippen LogP contribution in [-0.4, -0.2) is 42.8 Å². The molecule has 0 N–H and O–H groups in total. The van der Waals surface area contributed by atoms with Gasteiger partial charge in [-0.15, -0.1) is 0 Å². The van der Waals surface area contributed by atoms with E-state index >= 15 is 0 Å². The van der Waals surface area contributed by atoms with Crippen LogP contribution in [-0.2, 0) is 14.6 Å². The molecule has 1 amide bonds. The summed E-state index contributed by atoms with van der Waals surface area (Å²) in [5.41, 5.74) is 0. The van der Waals surface area contributed by atoms with Gasteiger partial charge in [0.25, 0.3) is 0 Å². The average Bonchev–Trinajstić information content (AvgIpc) is 2.44. The summed E-state index contributed by atoms with van der Waals surface area (Å²) in [5.74, 6) is 0.351. The van der Waals surface area contributed by atoms with Gasteiger partial charge in [0.2, 0.25) is 5.91 Å². The van der Waals surface area contributed by atoms with E-state index in [4.69, 9.17) is 0 Å². The van der Waals surface area contributed by atoms with Crippen molar-refractivity contribution in [2.75, 3.05) is 12.3 Å². The molecule has 0 aromatic rings. The molecule has 0 unspecified atom stereocenters. The number of amides is 1. The smallest absolute Gasteiger partial charge is 0.225 e. The van der Waals surface area contributed by atoms with Crippen molar-refractivity contribution in [3.8, 4) is 0 Å². The first kappa shape index (κ1) is 15.8. The molecule has 1 heterocycles. The number of sulfone groups is 1. The molecule has 0 radical (unpaired) electrons. The van der Waals surface area contributed by atoms with E-state index in [1.807, 2.05) is 11.8 Å². The summed E-state index contributed by atoms with van der Waals surface area (Å²) in [7, 11) is -2.99. The second-order valence-electron chi connectivity index (χ2n) is 6.33. The quantitative estimate of drug-likeness (QED) is 0.801. The Balaban J connectivity index is 2.10. The third kappa shape index (κ3) is 3.18. The van der Waals surface area contributed by atoms with Gasteiger partial charge in [-0.2, -0.15) is 0 Å². The monoisotopic (exact) mass is 301 g/mol. The number of carbonyl (C=O) groups excluding carboxylic acids is 1. The zero-order valence-corrected chi connectivity index (χ0v) is 13.5. The van der Waals surface area contributed by atoms with Gasteiger partial charge in [-0.25, -0.2) is 8.42 Å². The van der Waals surface area contributed by atoms with E-state index in [1.54, 1.807) is 0 Å². The Morgan fingerprint density at radius 1 is 1.30 bits per heavy atom. The maximum absolute atomic E-state index is 12.6. The highest BCUT2D eigenvalue weighted by molar-refractivity contribution is 7.92. The fourth-order valence-corrected chi connectivity index (χ4v) is 5.63. The summed E-state index contributed by atoms with van der Waals surface area (Å²) in [5, 5.41) is -0.299. The molecule has 2 rings (SSSR count). The molecule has 1 aliphatic carbocycles. The van der Waals surface area contributed by atoms with Gasteiger partial charge >= 0.3 is 0 Å². The van der Waals surface area contributed by atoms with Crippen molar-refractivity contribution < 1.29 is 13.2 Å². The predicted octanol–water partition coefficient (Wildman–Crippen LogP) is 2.38. The van der Waals surface area contributed by atoms with Gasteiger partial charge in [-0.3, -0.25) is 4.79 Å². The summed E-state index contributed by atoms with van der Waals surface area (Å²) in [6.07, 6.45) is 6.69. The normalized spacial score (nSPS) is 30.6. The zero-order valence-electron chi connectivity index (χ0n) is 12.7. The van der Waals surface area contributed by atoms with Crippen LogP contribution in [0.1, 0.15) is 58.8 Å².